The maximum absolute atomic E-state index is 2.50. The Labute approximate surface area is 251 Å². The van der Waals surface area contributed by atoms with Gasteiger partial charge in [-0.15, -0.1) is 0 Å². The molecule has 0 amide bonds. The number of rotatable bonds is 3. The standard InChI is InChI=1S/C42H27P/c1-3-13-33(14-4-1)43(34-15-5-2-6-16-34)38-27-32-24-23-30-21-19-28-11-7-9-17-35(28)39(30)41(32)42-37(38)26-25-31-22-20-29-12-8-10-18-36(29)40(31)42/h1-27H. The topological polar surface area (TPSA) is 0 Å². The summed E-state index contributed by atoms with van der Waals surface area (Å²) in [4.78, 5) is 0. The molecule has 0 bridgehead atoms. The molecule has 0 radical (unpaired) electrons. The molecule has 0 saturated heterocycles. The predicted molar refractivity (Wildman–Crippen MR) is 190 cm³/mol. The molecule has 0 fully saturated rings. The van der Waals surface area contributed by atoms with E-state index in [1.807, 2.05) is 0 Å². The molecule has 0 aliphatic heterocycles. The minimum atomic E-state index is -0.795. The Morgan fingerprint density at radius 2 is 0.721 bits per heavy atom. The molecule has 43 heavy (non-hydrogen) atoms. The molecule has 200 valence electrons. The second-order valence-corrected chi connectivity index (χ2v) is 13.5. The average molecular weight is 563 g/mol. The second-order valence-electron chi connectivity index (χ2n) is 11.3. The Hall–Kier alpha value is -5.03. The minimum absolute atomic E-state index is 0.795. The molecule has 0 aliphatic carbocycles. The van der Waals surface area contributed by atoms with Gasteiger partial charge in [0.2, 0.25) is 0 Å². The van der Waals surface area contributed by atoms with Crippen LogP contribution in [0.5, 0.6) is 0 Å². The summed E-state index contributed by atoms with van der Waals surface area (Å²) in [6.07, 6.45) is 0. The molecule has 9 aromatic rings. The van der Waals surface area contributed by atoms with Gasteiger partial charge in [-0.1, -0.05) is 158 Å². The molecule has 0 saturated carbocycles. The van der Waals surface area contributed by atoms with Crippen molar-refractivity contribution in [2.75, 3.05) is 0 Å². The zero-order chi connectivity index (χ0) is 28.3. The van der Waals surface area contributed by atoms with Crippen molar-refractivity contribution in [1.29, 1.82) is 0 Å². The summed E-state index contributed by atoms with van der Waals surface area (Å²) in [5.41, 5.74) is 0. The van der Waals surface area contributed by atoms with Crippen molar-refractivity contribution < 1.29 is 0 Å². The molecule has 0 heterocycles. The van der Waals surface area contributed by atoms with Crippen molar-refractivity contribution >= 4 is 88.5 Å². The van der Waals surface area contributed by atoms with Gasteiger partial charge in [0.15, 0.2) is 0 Å². The third kappa shape index (κ3) is 3.81. The van der Waals surface area contributed by atoms with Gasteiger partial charge in [0.05, 0.1) is 0 Å². The third-order valence-corrected chi connectivity index (χ3v) is 11.4. The van der Waals surface area contributed by atoms with Crippen molar-refractivity contribution in [3.8, 4) is 0 Å². The van der Waals surface area contributed by atoms with Gasteiger partial charge in [-0.2, -0.15) is 0 Å². The van der Waals surface area contributed by atoms with Gasteiger partial charge >= 0.3 is 0 Å². The first-order chi connectivity index (χ1) is 21.3. The highest BCUT2D eigenvalue weighted by atomic mass is 31.1. The smallest absolute Gasteiger partial charge is 0.000745 e. The Morgan fingerprint density at radius 3 is 1.30 bits per heavy atom. The SMILES string of the molecule is c1ccc(P(c2ccccc2)c2cc3ccc4ccc5ccccc5c4c3c3c2ccc2ccc4ccccc4c23)cc1. The van der Waals surface area contributed by atoms with E-state index in [4.69, 9.17) is 0 Å². The lowest BCUT2D eigenvalue weighted by Gasteiger charge is -2.24. The lowest BCUT2D eigenvalue weighted by atomic mass is 9.89. The largest absolute Gasteiger partial charge is 0.0622 e. The van der Waals surface area contributed by atoms with Crippen LogP contribution in [0.3, 0.4) is 0 Å². The highest BCUT2D eigenvalue weighted by Crippen LogP contribution is 2.45. The van der Waals surface area contributed by atoms with Crippen LogP contribution in [0.2, 0.25) is 0 Å². The fourth-order valence-corrected chi connectivity index (χ4v) is 9.56. The lowest BCUT2D eigenvalue weighted by molar-refractivity contribution is 1.75. The quantitative estimate of drug-likeness (QED) is 0.148. The summed E-state index contributed by atoms with van der Waals surface area (Å²) < 4.78 is 0. The summed E-state index contributed by atoms with van der Waals surface area (Å²) in [6.45, 7) is 0. The van der Waals surface area contributed by atoms with Gasteiger partial charge in [-0.05, 0) is 94.5 Å². The van der Waals surface area contributed by atoms with Crippen molar-refractivity contribution in [3.05, 3.63) is 164 Å². The normalized spacial score (nSPS) is 11.9. The van der Waals surface area contributed by atoms with Gasteiger partial charge < -0.3 is 0 Å². The van der Waals surface area contributed by atoms with Crippen LogP contribution in [0.4, 0.5) is 0 Å². The predicted octanol–water partition coefficient (Wildman–Crippen LogP) is 10.4. The van der Waals surface area contributed by atoms with Crippen LogP contribution >= 0.6 is 7.92 Å². The molecular formula is C42H27P. The van der Waals surface area contributed by atoms with Gasteiger partial charge in [0, 0.05) is 0 Å². The molecule has 1 heteroatoms. The minimum Gasteiger partial charge on any atom is -0.0622 e. The van der Waals surface area contributed by atoms with E-state index < -0.39 is 7.92 Å². The first kappa shape index (κ1) is 24.6. The molecule has 0 aliphatic rings. The zero-order valence-electron chi connectivity index (χ0n) is 23.5. The maximum atomic E-state index is 2.50. The van der Waals surface area contributed by atoms with E-state index in [1.54, 1.807) is 0 Å². The number of benzene rings is 9. The van der Waals surface area contributed by atoms with Gasteiger partial charge in [-0.3, -0.25) is 0 Å². The van der Waals surface area contributed by atoms with E-state index in [0.29, 0.717) is 0 Å². The van der Waals surface area contributed by atoms with Gasteiger partial charge in [0.25, 0.3) is 0 Å². The fraction of sp³-hybridized carbons (Fsp3) is 0. The molecule has 0 spiro atoms. The summed E-state index contributed by atoms with van der Waals surface area (Å²) in [7, 11) is -0.795. The van der Waals surface area contributed by atoms with Crippen molar-refractivity contribution in [2.45, 2.75) is 0 Å². The summed E-state index contributed by atoms with van der Waals surface area (Å²) in [5, 5.41) is 19.9. The molecule has 0 N–H and O–H groups in total. The van der Waals surface area contributed by atoms with Gasteiger partial charge in [-0.25, -0.2) is 0 Å². The van der Waals surface area contributed by atoms with Crippen molar-refractivity contribution in [2.24, 2.45) is 0 Å². The number of hydrogen-bond donors (Lipinski definition) is 0. The highest BCUT2D eigenvalue weighted by Gasteiger charge is 2.23. The van der Waals surface area contributed by atoms with Crippen LogP contribution in [0.25, 0.3) is 64.6 Å². The van der Waals surface area contributed by atoms with Crippen LogP contribution in [0.15, 0.2) is 164 Å². The molecule has 0 unspecified atom stereocenters. The van der Waals surface area contributed by atoms with E-state index in [9.17, 15) is 0 Å². The van der Waals surface area contributed by atoms with Crippen molar-refractivity contribution in [1.82, 2.24) is 0 Å². The van der Waals surface area contributed by atoms with Gasteiger partial charge in [0.1, 0.15) is 0 Å². The van der Waals surface area contributed by atoms with E-state index in [0.717, 1.165) is 0 Å². The van der Waals surface area contributed by atoms with E-state index in [2.05, 4.69) is 164 Å². The van der Waals surface area contributed by atoms with E-state index in [1.165, 1.54) is 80.5 Å². The monoisotopic (exact) mass is 562 g/mol. The van der Waals surface area contributed by atoms with Crippen LogP contribution < -0.4 is 15.9 Å². The Morgan fingerprint density at radius 1 is 0.279 bits per heavy atom. The number of fused-ring (bicyclic) bond motifs is 11. The number of hydrogen-bond acceptors (Lipinski definition) is 0. The maximum Gasteiger partial charge on any atom is -0.000745 e. The molecule has 0 nitrogen and oxygen atoms in total. The summed E-state index contributed by atoms with van der Waals surface area (Å²) in [5.74, 6) is 0. The molecule has 9 aromatic carbocycles. The summed E-state index contributed by atoms with van der Waals surface area (Å²) in [6, 6.07) is 60.9. The molecular weight excluding hydrogens is 535 g/mol. The second kappa shape index (κ2) is 9.77. The van der Waals surface area contributed by atoms with E-state index in [-0.39, 0.29) is 0 Å². The van der Waals surface area contributed by atoms with Crippen LogP contribution in [0, 0.1) is 0 Å². The Balaban J connectivity index is 1.57. The first-order valence-electron chi connectivity index (χ1n) is 14.9. The summed E-state index contributed by atoms with van der Waals surface area (Å²) >= 11 is 0. The Kier molecular flexibility index (Phi) is 5.58. The molecule has 0 aromatic heterocycles. The van der Waals surface area contributed by atoms with Crippen LogP contribution in [-0.2, 0) is 0 Å². The van der Waals surface area contributed by atoms with Crippen molar-refractivity contribution in [3.63, 3.8) is 0 Å². The average Bonchev–Trinajstić information content (AvgIpc) is 3.08. The Bertz CT molecular complexity index is 2460. The molecule has 9 rings (SSSR count). The first-order valence-corrected chi connectivity index (χ1v) is 16.2. The lowest BCUT2D eigenvalue weighted by Crippen LogP contribution is -2.21. The third-order valence-electron chi connectivity index (χ3n) is 8.94. The zero-order valence-corrected chi connectivity index (χ0v) is 24.4. The van der Waals surface area contributed by atoms with Crippen LogP contribution in [0.1, 0.15) is 0 Å². The highest BCUT2D eigenvalue weighted by molar-refractivity contribution is 7.80. The van der Waals surface area contributed by atoms with E-state index >= 15 is 0 Å². The fourth-order valence-electron chi connectivity index (χ4n) is 7.07. The van der Waals surface area contributed by atoms with Crippen LogP contribution in [-0.4, -0.2) is 0 Å². The molecule has 0 atom stereocenters.